The van der Waals surface area contributed by atoms with Gasteiger partial charge in [-0.25, -0.2) is 10.0 Å². The van der Waals surface area contributed by atoms with Crippen LogP contribution in [-0.2, 0) is 16.0 Å². The van der Waals surface area contributed by atoms with Crippen molar-refractivity contribution in [1.82, 2.24) is 10.4 Å². The van der Waals surface area contributed by atoms with Crippen molar-refractivity contribution in [2.75, 3.05) is 26.3 Å². The Hall–Kier alpha value is -2.42. The van der Waals surface area contributed by atoms with Gasteiger partial charge in [0, 0.05) is 42.6 Å². The largest absolute Gasteiger partial charge is 0.494 e. The number of halogens is 1. The number of aliphatic hydroxyl groups is 1. The molecule has 176 valence electrons. The van der Waals surface area contributed by atoms with Crippen LogP contribution in [0.25, 0.3) is 0 Å². The van der Waals surface area contributed by atoms with Gasteiger partial charge < -0.3 is 14.6 Å². The molecule has 0 saturated carbocycles. The summed E-state index contributed by atoms with van der Waals surface area (Å²) in [5.74, 6) is 1.03. The molecule has 1 fully saturated rings. The quantitative estimate of drug-likeness (QED) is 0.499. The molecule has 2 aliphatic rings. The highest BCUT2D eigenvalue weighted by Gasteiger charge is 2.50. The number of hydrogen-bond donors (Lipinski definition) is 2. The molecule has 2 heterocycles. The van der Waals surface area contributed by atoms with Crippen molar-refractivity contribution >= 4 is 27.7 Å². The van der Waals surface area contributed by atoms with Gasteiger partial charge in [0.25, 0.3) is 5.91 Å². The van der Waals surface area contributed by atoms with Crippen LogP contribution in [0.15, 0.2) is 58.0 Å². The van der Waals surface area contributed by atoms with Crippen molar-refractivity contribution in [3.05, 3.63) is 64.1 Å². The van der Waals surface area contributed by atoms with Gasteiger partial charge in [-0.05, 0) is 61.7 Å². The standard InChI is InChI=1S/C25H30BrN3O4/c1-18-25(17-19-5-9-21(26)10-6-19,24(31)28-29-13-2-3-14-29)27-23(33-18)20-7-11-22(12-8-20)32-16-4-15-30/h5-12,18,30H,2-4,13-17H2,1H3,(H,28,31)/t18-,25-/m0/s1. The molecule has 0 aromatic heterocycles. The minimum Gasteiger partial charge on any atom is -0.494 e. The molecule has 2 aromatic rings. The molecule has 33 heavy (non-hydrogen) atoms. The lowest BCUT2D eigenvalue weighted by Gasteiger charge is -2.30. The Morgan fingerprint density at radius 3 is 2.58 bits per heavy atom. The molecule has 0 radical (unpaired) electrons. The Kier molecular flexibility index (Phi) is 7.67. The number of aliphatic imine (C=N–C) groups is 1. The SMILES string of the molecule is C[C@@H]1OC(c2ccc(OCCCO)cc2)=N[C@]1(Cc1ccc(Br)cc1)C(=O)NN1CCCC1. The van der Waals surface area contributed by atoms with Crippen LogP contribution in [0.5, 0.6) is 5.75 Å². The first kappa shape index (κ1) is 23.7. The number of nitrogens with one attached hydrogen (secondary N) is 1. The Morgan fingerprint density at radius 1 is 1.21 bits per heavy atom. The number of nitrogens with zero attached hydrogens (tertiary/aromatic N) is 2. The van der Waals surface area contributed by atoms with Gasteiger partial charge in [0.15, 0.2) is 5.54 Å². The highest BCUT2D eigenvalue weighted by Crippen LogP contribution is 2.33. The molecule has 0 aliphatic carbocycles. The summed E-state index contributed by atoms with van der Waals surface area (Å²) in [5.41, 5.74) is 3.83. The second-order valence-electron chi connectivity index (χ2n) is 8.49. The monoisotopic (exact) mass is 515 g/mol. The third-order valence-corrected chi connectivity index (χ3v) is 6.61. The van der Waals surface area contributed by atoms with E-state index in [1.807, 2.05) is 60.5 Å². The number of aliphatic hydroxyl groups excluding tert-OH is 1. The summed E-state index contributed by atoms with van der Waals surface area (Å²) < 4.78 is 12.8. The van der Waals surface area contributed by atoms with E-state index >= 15 is 0 Å². The number of carbonyl (C=O) groups is 1. The number of ether oxygens (including phenoxy) is 2. The predicted octanol–water partition coefficient (Wildman–Crippen LogP) is 3.48. The number of hydrogen-bond acceptors (Lipinski definition) is 6. The molecule has 2 aromatic carbocycles. The predicted molar refractivity (Wildman–Crippen MR) is 130 cm³/mol. The molecule has 0 spiro atoms. The summed E-state index contributed by atoms with van der Waals surface area (Å²) in [6.07, 6.45) is 2.74. The lowest BCUT2D eigenvalue weighted by atomic mass is 9.86. The van der Waals surface area contributed by atoms with Crippen molar-refractivity contribution in [2.45, 2.75) is 44.2 Å². The summed E-state index contributed by atoms with van der Waals surface area (Å²) in [4.78, 5) is 18.5. The Balaban J connectivity index is 1.60. The lowest BCUT2D eigenvalue weighted by Crippen LogP contribution is -2.56. The third-order valence-electron chi connectivity index (χ3n) is 6.08. The van der Waals surface area contributed by atoms with E-state index in [0.717, 1.165) is 41.5 Å². The molecule has 1 amide bonds. The number of amides is 1. The number of hydrazine groups is 1. The van der Waals surface area contributed by atoms with Gasteiger partial charge in [0.05, 0.1) is 6.61 Å². The first-order chi connectivity index (χ1) is 16.0. The smallest absolute Gasteiger partial charge is 0.266 e. The van der Waals surface area contributed by atoms with E-state index in [0.29, 0.717) is 31.1 Å². The van der Waals surface area contributed by atoms with E-state index in [1.165, 1.54) is 0 Å². The van der Waals surface area contributed by atoms with Gasteiger partial charge in [0.2, 0.25) is 5.90 Å². The van der Waals surface area contributed by atoms with Crippen LogP contribution in [0.2, 0.25) is 0 Å². The van der Waals surface area contributed by atoms with Gasteiger partial charge in [-0.1, -0.05) is 28.1 Å². The zero-order chi connectivity index (χ0) is 23.3. The van der Waals surface area contributed by atoms with Crippen LogP contribution in [0.4, 0.5) is 0 Å². The van der Waals surface area contributed by atoms with Crippen LogP contribution < -0.4 is 10.2 Å². The van der Waals surface area contributed by atoms with E-state index < -0.39 is 11.6 Å². The van der Waals surface area contributed by atoms with Crippen molar-refractivity contribution < 1.29 is 19.4 Å². The average Bonchev–Trinajstić information content (AvgIpc) is 3.44. The zero-order valence-corrected chi connectivity index (χ0v) is 20.4. The van der Waals surface area contributed by atoms with Gasteiger partial charge in [-0.15, -0.1) is 0 Å². The Labute approximate surface area is 202 Å². The summed E-state index contributed by atoms with van der Waals surface area (Å²) in [6.45, 7) is 4.16. The first-order valence-corrected chi connectivity index (χ1v) is 12.2. The number of benzene rings is 2. The molecular weight excluding hydrogens is 486 g/mol. The van der Waals surface area contributed by atoms with Crippen molar-refractivity contribution in [2.24, 2.45) is 4.99 Å². The van der Waals surface area contributed by atoms with E-state index in [9.17, 15) is 4.79 Å². The molecule has 2 N–H and O–H groups in total. The summed E-state index contributed by atoms with van der Waals surface area (Å²) in [6, 6.07) is 15.4. The highest BCUT2D eigenvalue weighted by molar-refractivity contribution is 9.10. The fourth-order valence-corrected chi connectivity index (χ4v) is 4.39. The first-order valence-electron chi connectivity index (χ1n) is 11.4. The fraction of sp³-hybridized carbons (Fsp3) is 0.440. The van der Waals surface area contributed by atoms with E-state index in [2.05, 4.69) is 21.4 Å². The van der Waals surface area contributed by atoms with Crippen LogP contribution in [0.3, 0.4) is 0 Å². The van der Waals surface area contributed by atoms with Gasteiger partial charge in [-0.3, -0.25) is 10.2 Å². The number of carbonyl (C=O) groups excluding carboxylic acids is 1. The Bertz CT molecular complexity index is 974. The summed E-state index contributed by atoms with van der Waals surface area (Å²) >= 11 is 3.48. The van der Waals surface area contributed by atoms with E-state index in [1.54, 1.807) is 0 Å². The maximum atomic E-state index is 13.6. The van der Waals surface area contributed by atoms with Crippen LogP contribution >= 0.6 is 15.9 Å². The molecule has 1 saturated heterocycles. The zero-order valence-electron chi connectivity index (χ0n) is 18.8. The van der Waals surface area contributed by atoms with Crippen LogP contribution in [0, 0.1) is 0 Å². The van der Waals surface area contributed by atoms with E-state index in [4.69, 9.17) is 19.6 Å². The molecule has 8 heteroatoms. The minimum absolute atomic E-state index is 0.0978. The molecule has 2 atom stereocenters. The normalized spacial score (nSPS) is 22.6. The molecule has 4 rings (SSSR count). The minimum atomic E-state index is -1.07. The summed E-state index contributed by atoms with van der Waals surface area (Å²) in [5, 5.41) is 10.9. The second kappa shape index (κ2) is 10.7. The van der Waals surface area contributed by atoms with Gasteiger partial charge in [-0.2, -0.15) is 0 Å². The topological polar surface area (TPSA) is 83.4 Å². The van der Waals surface area contributed by atoms with Crippen molar-refractivity contribution in [3.8, 4) is 5.75 Å². The molecule has 0 bridgehead atoms. The maximum Gasteiger partial charge on any atom is 0.266 e. The highest BCUT2D eigenvalue weighted by atomic mass is 79.9. The third kappa shape index (κ3) is 5.57. The molecular formula is C25H30BrN3O4. The Morgan fingerprint density at radius 2 is 1.91 bits per heavy atom. The van der Waals surface area contributed by atoms with Crippen molar-refractivity contribution in [3.63, 3.8) is 0 Å². The average molecular weight is 516 g/mol. The second-order valence-corrected chi connectivity index (χ2v) is 9.41. The number of rotatable bonds is 9. The lowest BCUT2D eigenvalue weighted by molar-refractivity contribution is -0.133. The van der Waals surface area contributed by atoms with Gasteiger partial charge >= 0.3 is 0 Å². The van der Waals surface area contributed by atoms with Crippen LogP contribution in [-0.4, -0.2) is 59.9 Å². The molecule has 0 unspecified atom stereocenters. The van der Waals surface area contributed by atoms with Gasteiger partial charge in [0.1, 0.15) is 11.9 Å². The summed E-state index contributed by atoms with van der Waals surface area (Å²) in [7, 11) is 0. The maximum absolute atomic E-state index is 13.6. The van der Waals surface area contributed by atoms with Crippen LogP contribution in [0.1, 0.15) is 37.3 Å². The van der Waals surface area contributed by atoms with E-state index in [-0.39, 0.29) is 12.5 Å². The fourth-order valence-electron chi connectivity index (χ4n) is 4.13. The molecule has 2 aliphatic heterocycles. The van der Waals surface area contributed by atoms with Crippen molar-refractivity contribution in [1.29, 1.82) is 0 Å². The molecule has 7 nitrogen and oxygen atoms in total.